The third kappa shape index (κ3) is 4.51. The van der Waals surface area contributed by atoms with Crippen molar-refractivity contribution in [1.29, 1.82) is 0 Å². The van der Waals surface area contributed by atoms with Crippen LogP contribution in [0.15, 0.2) is 0 Å². The Morgan fingerprint density at radius 1 is 1.60 bits per heavy atom. The lowest BCUT2D eigenvalue weighted by Crippen LogP contribution is -2.52. The third-order valence-corrected chi connectivity index (χ3v) is 2.61. The first-order valence-electron chi connectivity index (χ1n) is 5.76. The van der Waals surface area contributed by atoms with Crippen molar-refractivity contribution in [2.45, 2.75) is 45.7 Å². The summed E-state index contributed by atoms with van der Waals surface area (Å²) in [6.45, 7) is 7.67. The van der Waals surface area contributed by atoms with Crippen LogP contribution in [0.25, 0.3) is 0 Å². The molecule has 2 N–H and O–H groups in total. The van der Waals surface area contributed by atoms with Crippen LogP contribution in [-0.2, 0) is 4.74 Å². The summed E-state index contributed by atoms with van der Waals surface area (Å²) < 4.78 is 5.08. The van der Waals surface area contributed by atoms with Gasteiger partial charge in [-0.3, -0.25) is 0 Å². The second kappa shape index (κ2) is 5.95. The lowest BCUT2D eigenvalue weighted by molar-refractivity contribution is 0.125. The van der Waals surface area contributed by atoms with Gasteiger partial charge in [0.2, 0.25) is 0 Å². The van der Waals surface area contributed by atoms with Gasteiger partial charge in [0.25, 0.3) is 0 Å². The first-order valence-corrected chi connectivity index (χ1v) is 5.76. The van der Waals surface area contributed by atoms with Crippen molar-refractivity contribution in [3.8, 4) is 0 Å². The lowest BCUT2D eigenvalue weighted by Gasteiger charge is -2.30. The summed E-state index contributed by atoms with van der Waals surface area (Å²) in [5.41, 5.74) is 0. The van der Waals surface area contributed by atoms with Gasteiger partial charge in [-0.15, -0.1) is 0 Å². The number of ether oxygens (including phenoxy) is 1. The number of alkyl carbamates (subject to hydrolysis) is 1. The number of rotatable bonds is 3. The largest absolute Gasteiger partial charge is 0.449 e. The fourth-order valence-electron chi connectivity index (χ4n) is 1.68. The maximum Gasteiger partial charge on any atom is 0.407 e. The summed E-state index contributed by atoms with van der Waals surface area (Å²) in [6.07, 6.45) is 1.86. The summed E-state index contributed by atoms with van der Waals surface area (Å²) in [7, 11) is 0. The Bertz CT molecular complexity index is 207. The molecule has 1 fully saturated rings. The molecule has 0 aromatic rings. The second-order valence-electron chi connectivity index (χ2n) is 4.63. The van der Waals surface area contributed by atoms with Gasteiger partial charge < -0.3 is 15.4 Å². The highest BCUT2D eigenvalue weighted by molar-refractivity contribution is 5.67. The molecule has 0 aromatic heterocycles. The van der Waals surface area contributed by atoms with E-state index in [1.165, 1.54) is 0 Å². The van der Waals surface area contributed by atoms with Gasteiger partial charge in [0.05, 0.1) is 6.61 Å². The van der Waals surface area contributed by atoms with E-state index >= 15 is 0 Å². The number of amides is 1. The Labute approximate surface area is 91.8 Å². The van der Waals surface area contributed by atoms with Gasteiger partial charge in [-0.1, -0.05) is 13.8 Å². The monoisotopic (exact) mass is 214 g/mol. The zero-order valence-corrected chi connectivity index (χ0v) is 9.88. The van der Waals surface area contributed by atoms with Crippen LogP contribution in [0.1, 0.15) is 33.6 Å². The van der Waals surface area contributed by atoms with Crippen LogP contribution in [-0.4, -0.2) is 31.3 Å². The van der Waals surface area contributed by atoms with Gasteiger partial charge in [0.15, 0.2) is 0 Å². The minimum Gasteiger partial charge on any atom is -0.449 e. The quantitative estimate of drug-likeness (QED) is 0.748. The van der Waals surface area contributed by atoms with Crippen LogP contribution in [0, 0.1) is 5.92 Å². The Morgan fingerprint density at radius 3 is 2.93 bits per heavy atom. The van der Waals surface area contributed by atoms with Gasteiger partial charge in [-0.25, -0.2) is 4.79 Å². The van der Waals surface area contributed by atoms with Crippen molar-refractivity contribution in [3.05, 3.63) is 0 Å². The van der Waals surface area contributed by atoms with Gasteiger partial charge in [0.1, 0.15) is 0 Å². The Kier molecular flexibility index (Phi) is 4.88. The zero-order valence-electron chi connectivity index (χ0n) is 9.88. The van der Waals surface area contributed by atoms with Crippen LogP contribution < -0.4 is 10.6 Å². The molecule has 0 saturated carbocycles. The first kappa shape index (κ1) is 12.3. The topological polar surface area (TPSA) is 50.4 Å². The number of nitrogens with one attached hydrogen (secondary N) is 2. The highest BCUT2D eigenvalue weighted by Gasteiger charge is 2.22. The molecule has 1 aliphatic heterocycles. The van der Waals surface area contributed by atoms with Crippen molar-refractivity contribution < 1.29 is 9.53 Å². The van der Waals surface area contributed by atoms with E-state index in [4.69, 9.17) is 4.74 Å². The second-order valence-corrected chi connectivity index (χ2v) is 4.63. The molecule has 1 rings (SSSR count). The average Bonchev–Trinajstić information content (AvgIpc) is 2.18. The van der Waals surface area contributed by atoms with E-state index in [0.717, 1.165) is 19.4 Å². The van der Waals surface area contributed by atoms with Crippen LogP contribution >= 0.6 is 0 Å². The minimum absolute atomic E-state index is 0.207. The number of hydrogen-bond acceptors (Lipinski definition) is 3. The summed E-state index contributed by atoms with van der Waals surface area (Å²) >= 11 is 0. The smallest absolute Gasteiger partial charge is 0.407 e. The fourth-order valence-corrected chi connectivity index (χ4v) is 1.68. The van der Waals surface area contributed by atoms with Crippen LogP contribution in [0.2, 0.25) is 0 Å². The molecule has 15 heavy (non-hydrogen) atoms. The maximum absolute atomic E-state index is 11.4. The molecule has 0 radical (unpaired) electrons. The van der Waals surface area contributed by atoms with E-state index in [0.29, 0.717) is 18.6 Å². The van der Waals surface area contributed by atoms with Crippen molar-refractivity contribution >= 4 is 6.09 Å². The molecule has 0 bridgehead atoms. The average molecular weight is 214 g/mol. The van der Waals surface area contributed by atoms with E-state index in [9.17, 15) is 4.79 Å². The van der Waals surface area contributed by atoms with Crippen molar-refractivity contribution in [1.82, 2.24) is 10.6 Å². The molecule has 1 heterocycles. The van der Waals surface area contributed by atoms with Gasteiger partial charge in [-0.05, 0) is 32.2 Å². The van der Waals surface area contributed by atoms with E-state index < -0.39 is 0 Å². The molecule has 1 amide bonds. The van der Waals surface area contributed by atoms with Crippen molar-refractivity contribution in [3.63, 3.8) is 0 Å². The molecular weight excluding hydrogens is 192 g/mol. The molecular formula is C11H22N2O2. The van der Waals surface area contributed by atoms with Crippen LogP contribution in [0.5, 0.6) is 0 Å². The Hall–Kier alpha value is -0.770. The standard InChI is InChI=1S/C11H22N2O2/c1-8(2)7-15-11(14)13-10-5-4-6-12-9(10)3/h8-10,12H,4-7H2,1-3H3,(H,13,14). The summed E-state index contributed by atoms with van der Waals surface area (Å²) in [5.74, 6) is 0.387. The maximum atomic E-state index is 11.4. The summed E-state index contributed by atoms with van der Waals surface area (Å²) in [5, 5.41) is 6.23. The normalized spacial score (nSPS) is 26.4. The third-order valence-electron chi connectivity index (χ3n) is 2.61. The Balaban J connectivity index is 2.24. The number of carbonyl (C=O) groups is 1. The van der Waals surface area contributed by atoms with Gasteiger partial charge >= 0.3 is 6.09 Å². The Morgan fingerprint density at radius 2 is 2.33 bits per heavy atom. The number of hydrogen-bond donors (Lipinski definition) is 2. The summed E-state index contributed by atoms with van der Waals surface area (Å²) in [4.78, 5) is 11.4. The van der Waals surface area contributed by atoms with Crippen LogP contribution in [0.3, 0.4) is 0 Å². The summed E-state index contributed by atoms with van der Waals surface area (Å²) in [6, 6.07) is 0.545. The SMILES string of the molecule is CC(C)COC(=O)NC1CCCNC1C. The fraction of sp³-hybridized carbons (Fsp3) is 0.909. The molecule has 4 nitrogen and oxygen atoms in total. The number of carbonyl (C=O) groups excluding carboxylic acids is 1. The van der Waals surface area contributed by atoms with E-state index in [-0.39, 0.29) is 12.1 Å². The highest BCUT2D eigenvalue weighted by atomic mass is 16.5. The zero-order chi connectivity index (χ0) is 11.3. The predicted molar refractivity (Wildman–Crippen MR) is 59.8 cm³/mol. The molecule has 1 saturated heterocycles. The molecule has 0 aliphatic carbocycles. The highest BCUT2D eigenvalue weighted by Crippen LogP contribution is 2.08. The van der Waals surface area contributed by atoms with Crippen molar-refractivity contribution in [2.24, 2.45) is 5.92 Å². The molecule has 88 valence electrons. The van der Waals surface area contributed by atoms with Crippen LogP contribution in [0.4, 0.5) is 4.79 Å². The van der Waals surface area contributed by atoms with E-state index in [1.807, 2.05) is 13.8 Å². The lowest BCUT2D eigenvalue weighted by atomic mass is 10.0. The molecule has 0 spiro atoms. The number of piperidine rings is 1. The molecule has 0 aromatic carbocycles. The minimum atomic E-state index is -0.288. The van der Waals surface area contributed by atoms with E-state index in [1.54, 1.807) is 0 Å². The molecule has 2 atom stereocenters. The molecule has 2 unspecified atom stereocenters. The van der Waals surface area contributed by atoms with Crippen molar-refractivity contribution in [2.75, 3.05) is 13.2 Å². The first-order chi connectivity index (χ1) is 7.09. The van der Waals surface area contributed by atoms with Gasteiger partial charge in [-0.2, -0.15) is 0 Å². The molecule has 1 aliphatic rings. The molecule has 4 heteroatoms. The van der Waals surface area contributed by atoms with E-state index in [2.05, 4.69) is 17.6 Å². The van der Waals surface area contributed by atoms with Gasteiger partial charge in [0, 0.05) is 12.1 Å². The predicted octanol–water partition coefficient (Wildman–Crippen LogP) is 1.51.